The van der Waals surface area contributed by atoms with Gasteiger partial charge in [-0.3, -0.25) is 0 Å². The third-order valence-electron chi connectivity index (χ3n) is 3.01. The van der Waals surface area contributed by atoms with Crippen LogP contribution < -0.4 is 10.5 Å². The van der Waals surface area contributed by atoms with E-state index >= 15 is 0 Å². The van der Waals surface area contributed by atoms with E-state index < -0.39 is 10.0 Å². The molecule has 1 unspecified atom stereocenters. The minimum atomic E-state index is -3.53. The Hall–Kier alpha value is -1.15. The number of sulfonamides is 1. The molecule has 2 rings (SSSR count). The molecule has 1 aliphatic rings. The van der Waals surface area contributed by atoms with Gasteiger partial charge in [0.25, 0.3) is 0 Å². The van der Waals surface area contributed by atoms with Gasteiger partial charge in [0.1, 0.15) is 0 Å². The molecule has 0 aromatic heterocycles. The number of ether oxygens (including phenoxy) is 1. The number of hydrogen-bond acceptors (Lipinski definition) is 5. The van der Waals surface area contributed by atoms with Crippen LogP contribution in [0.3, 0.4) is 0 Å². The Labute approximate surface area is 113 Å². The normalized spacial score (nSPS) is 21.4. The number of nitrogens with two attached hydrogens (primary N) is 1. The van der Waals surface area contributed by atoms with Gasteiger partial charge in [-0.2, -0.15) is 0 Å². The van der Waals surface area contributed by atoms with Gasteiger partial charge in [-0.25, -0.2) is 13.1 Å². The average molecular weight is 285 g/mol. The van der Waals surface area contributed by atoms with E-state index in [1.165, 1.54) is 12.1 Å². The third kappa shape index (κ3) is 3.90. The topological polar surface area (TPSA) is 84.7 Å². The first-order valence-corrected chi connectivity index (χ1v) is 7.61. The number of nitrogen functional groups attached to an aromatic ring is 1. The summed E-state index contributed by atoms with van der Waals surface area (Å²) >= 11 is 0. The average Bonchev–Trinajstić information content (AvgIpc) is 2.37. The summed E-state index contributed by atoms with van der Waals surface area (Å²) in [6, 6.07) is 6.23. The number of rotatable bonds is 4. The molecule has 6 nitrogen and oxygen atoms in total. The van der Waals surface area contributed by atoms with Gasteiger partial charge in [-0.1, -0.05) is 6.07 Å². The molecular formula is C12H19N3O3S. The number of nitrogens with one attached hydrogen (secondary N) is 1. The van der Waals surface area contributed by atoms with Gasteiger partial charge in [0.05, 0.1) is 17.6 Å². The first kappa shape index (κ1) is 14.3. The molecule has 0 aliphatic carbocycles. The molecule has 1 heterocycles. The second-order valence-electron chi connectivity index (χ2n) is 4.68. The van der Waals surface area contributed by atoms with Crippen LogP contribution in [-0.4, -0.2) is 52.7 Å². The molecule has 1 aromatic rings. The van der Waals surface area contributed by atoms with E-state index in [2.05, 4.69) is 9.62 Å². The lowest BCUT2D eigenvalue weighted by molar-refractivity contribution is -0.0156. The van der Waals surface area contributed by atoms with Gasteiger partial charge in [-0.05, 0) is 25.2 Å². The lowest BCUT2D eigenvalue weighted by Gasteiger charge is -2.30. The molecule has 0 radical (unpaired) electrons. The van der Waals surface area contributed by atoms with Crippen molar-refractivity contribution >= 4 is 15.7 Å². The van der Waals surface area contributed by atoms with E-state index in [0.29, 0.717) is 12.3 Å². The lowest BCUT2D eigenvalue weighted by Crippen LogP contribution is -2.45. The Morgan fingerprint density at radius 2 is 2.32 bits per heavy atom. The standard InChI is InChI=1S/C12H19N3O3S/c1-15-5-6-18-11(9-15)8-14-19(16,17)12-4-2-3-10(13)7-12/h2-4,7,11,14H,5-6,8-9,13H2,1H3. The van der Waals surface area contributed by atoms with Crippen molar-refractivity contribution in [3.8, 4) is 0 Å². The summed E-state index contributed by atoms with van der Waals surface area (Å²) in [5.41, 5.74) is 6.02. The van der Waals surface area contributed by atoms with Crippen molar-refractivity contribution in [2.75, 3.05) is 39.0 Å². The molecule has 0 spiro atoms. The molecule has 3 N–H and O–H groups in total. The van der Waals surface area contributed by atoms with Crippen LogP contribution in [0.4, 0.5) is 5.69 Å². The van der Waals surface area contributed by atoms with E-state index in [0.717, 1.165) is 13.1 Å². The van der Waals surface area contributed by atoms with Gasteiger partial charge in [-0.15, -0.1) is 0 Å². The van der Waals surface area contributed by atoms with Crippen LogP contribution in [0, 0.1) is 0 Å². The van der Waals surface area contributed by atoms with Crippen LogP contribution in [0.2, 0.25) is 0 Å². The second-order valence-corrected chi connectivity index (χ2v) is 6.45. The SMILES string of the molecule is CN1CCOC(CNS(=O)(=O)c2cccc(N)c2)C1. The zero-order valence-corrected chi connectivity index (χ0v) is 11.7. The predicted molar refractivity (Wildman–Crippen MR) is 73.3 cm³/mol. The molecule has 7 heteroatoms. The first-order chi connectivity index (χ1) is 8.97. The lowest BCUT2D eigenvalue weighted by atomic mass is 10.3. The Bertz CT molecular complexity index is 533. The van der Waals surface area contributed by atoms with Gasteiger partial charge in [0.15, 0.2) is 0 Å². The van der Waals surface area contributed by atoms with Crippen molar-refractivity contribution in [1.82, 2.24) is 9.62 Å². The maximum atomic E-state index is 12.1. The van der Waals surface area contributed by atoms with Gasteiger partial charge in [0, 0.05) is 25.3 Å². The van der Waals surface area contributed by atoms with Crippen molar-refractivity contribution in [1.29, 1.82) is 0 Å². The summed E-state index contributed by atoms with van der Waals surface area (Å²) in [6.45, 7) is 2.49. The summed E-state index contributed by atoms with van der Waals surface area (Å²) in [5, 5.41) is 0. The first-order valence-electron chi connectivity index (χ1n) is 6.13. The minimum Gasteiger partial charge on any atom is -0.399 e. The fourth-order valence-corrected chi connectivity index (χ4v) is 3.08. The second kappa shape index (κ2) is 5.87. The maximum Gasteiger partial charge on any atom is 0.240 e. The Balaban J connectivity index is 1.98. The highest BCUT2D eigenvalue weighted by atomic mass is 32.2. The molecule has 1 saturated heterocycles. The zero-order chi connectivity index (χ0) is 13.9. The van der Waals surface area contributed by atoms with E-state index in [1.807, 2.05) is 7.05 Å². The van der Waals surface area contributed by atoms with Crippen LogP contribution in [-0.2, 0) is 14.8 Å². The molecule has 0 amide bonds. The Morgan fingerprint density at radius 1 is 1.53 bits per heavy atom. The maximum absolute atomic E-state index is 12.1. The highest BCUT2D eigenvalue weighted by molar-refractivity contribution is 7.89. The van der Waals surface area contributed by atoms with Crippen LogP contribution >= 0.6 is 0 Å². The van der Waals surface area contributed by atoms with Crippen LogP contribution in [0.1, 0.15) is 0 Å². The molecule has 1 atom stereocenters. The quantitative estimate of drug-likeness (QED) is 0.753. The fourth-order valence-electron chi connectivity index (χ4n) is 1.96. The number of morpholine rings is 1. The number of likely N-dealkylation sites (N-methyl/N-ethyl adjacent to an activating group) is 1. The van der Waals surface area contributed by atoms with Crippen molar-refractivity contribution in [3.63, 3.8) is 0 Å². The number of nitrogens with zero attached hydrogens (tertiary/aromatic N) is 1. The highest BCUT2D eigenvalue weighted by Gasteiger charge is 2.21. The van der Waals surface area contributed by atoms with E-state index in [9.17, 15) is 8.42 Å². The van der Waals surface area contributed by atoms with Crippen molar-refractivity contribution in [3.05, 3.63) is 24.3 Å². The van der Waals surface area contributed by atoms with Gasteiger partial charge in [0.2, 0.25) is 10.0 Å². The summed E-state index contributed by atoms with van der Waals surface area (Å²) in [5.74, 6) is 0. The summed E-state index contributed by atoms with van der Waals surface area (Å²) in [7, 11) is -1.54. The smallest absolute Gasteiger partial charge is 0.240 e. The summed E-state index contributed by atoms with van der Waals surface area (Å²) < 4.78 is 32.2. The summed E-state index contributed by atoms with van der Waals surface area (Å²) in [6.07, 6.45) is -0.116. The summed E-state index contributed by atoms with van der Waals surface area (Å²) in [4.78, 5) is 2.29. The Kier molecular flexibility index (Phi) is 4.41. The van der Waals surface area contributed by atoms with E-state index in [1.54, 1.807) is 12.1 Å². The Morgan fingerprint density at radius 3 is 3.00 bits per heavy atom. The van der Waals surface area contributed by atoms with E-state index in [-0.39, 0.29) is 17.5 Å². The molecular weight excluding hydrogens is 266 g/mol. The van der Waals surface area contributed by atoms with Crippen molar-refractivity contribution < 1.29 is 13.2 Å². The highest BCUT2D eigenvalue weighted by Crippen LogP contribution is 2.13. The molecule has 106 valence electrons. The molecule has 1 aromatic carbocycles. The molecule has 19 heavy (non-hydrogen) atoms. The number of hydrogen-bond donors (Lipinski definition) is 2. The molecule has 1 aliphatic heterocycles. The predicted octanol–water partition coefficient (Wildman–Crippen LogP) is -0.122. The van der Waals surface area contributed by atoms with Crippen molar-refractivity contribution in [2.45, 2.75) is 11.0 Å². The van der Waals surface area contributed by atoms with Gasteiger partial charge < -0.3 is 15.4 Å². The molecule has 1 fully saturated rings. The zero-order valence-electron chi connectivity index (χ0n) is 10.9. The van der Waals surface area contributed by atoms with Crippen LogP contribution in [0.15, 0.2) is 29.2 Å². The van der Waals surface area contributed by atoms with Gasteiger partial charge >= 0.3 is 0 Å². The third-order valence-corrected chi connectivity index (χ3v) is 4.43. The van der Waals surface area contributed by atoms with Crippen LogP contribution in [0.25, 0.3) is 0 Å². The number of anilines is 1. The fraction of sp³-hybridized carbons (Fsp3) is 0.500. The monoisotopic (exact) mass is 285 g/mol. The van der Waals surface area contributed by atoms with Crippen LogP contribution in [0.5, 0.6) is 0 Å². The number of benzene rings is 1. The van der Waals surface area contributed by atoms with E-state index in [4.69, 9.17) is 10.5 Å². The minimum absolute atomic E-state index is 0.116. The van der Waals surface area contributed by atoms with Crippen molar-refractivity contribution in [2.24, 2.45) is 0 Å². The molecule has 0 bridgehead atoms. The largest absolute Gasteiger partial charge is 0.399 e. The molecule has 0 saturated carbocycles.